The molecule has 0 radical (unpaired) electrons. The van der Waals surface area contributed by atoms with E-state index in [1.165, 1.54) is 11.8 Å². The standard InChI is InChI=1S/C7H4Cl4S/c8-3-12-7-2-5(10)4(9)1-6(7)11/h1-2H,3H2. The molecular formula is C7H4Cl4S. The van der Waals surface area contributed by atoms with Crippen LogP contribution in [0.3, 0.4) is 0 Å². The Bertz CT molecular complexity index is 287. The highest BCUT2D eigenvalue weighted by Crippen LogP contribution is 2.34. The molecule has 1 rings (SSSR count). The van der Waals surface area contributed by atoms with E-state index in [4.69, 9.17) is 46.4 Å². The zero-order valence-electron chi connectivity index (χ0n) is 5.78. The van der Waals surface area contributed by atoms with Gasteiger partial charge in [-0.2, -0.15) is 0 Å². The van der Waals surface area contributed by atoms with Crippen LogP contribution in [0.25, 0.3) is 0 Å². The summed E-state index contributed by atoms with van der Waals surface area (Å²) in [6.07, 6.45) is 0. The molecule has 0 heterocycles. The van der Waals surface area contributed by atoms with Gasteiger partial charge in [0.2, 0.25) is 0 Å². The maximum absolute atomic E-state index is 5.86. The molecule has 0 aliphatic carbocycles. The van der Waals surface area contributed by atoms with Crippen LogP contribution in [0.1, 0.15) is 0 Å². The molecule has 0 bridgehead atoms. The molecule has 0 spiro atoms. The number of alkyl halides is 1. The van der Waals surface area contributed by atoms with Gasteiger partial charge in [0.05, 0.1) is 20.3 Å². The van der Waals surface area contributed by atoms with Gasteiger partial charge in [-0.3, -0.25) is 0 Å². The van der Waals surface area contributed by atoms with Crippen molar-refractivity contribution in [3.63, 3.8) is 0 Å². The predicted molar refractivity (Wildman–Crippen MR) is 58.0 cm³/mol. The van der Waals surface area contributed by atoms with Gasteiger partial charge >= 0.3 is 0 Å². The lowest BCUT2D eigenvalue weighted by Crippen LogP contribution is -1.76. The van der Waals surface area contributed by atoms with Crippen molar-refractivity contribution in [2.45, 2.75) is 4.90 Å². The minimum Gasteiger partial charge on any atom is -0.114 e. The molecule has 0 fully saturated rings. The van der Waals surface area contributed by atoms with E-state index in [0.717, 1.165) is 4.90 Å². The lowest BCUT2D eigenvalue weighted by Gasteiger charge is -2.03. The minimum absolute atomic E-state index is 0.442. The van der Waals surface area contributed by atoms with Crippen LogP contribution in [0.2, 0.25) is 15.1 Å². The molecule has 0 aliphatic rings. The number of rotatable bonds is 2. The summed E-state index contributed by atoms with van der Waals surface area (Å²) >= 11 is 24.3. The van der Waals surface area contributed by atoms with E-state index >= 15 is 0 Å². The van der Waals surface area contributed by atoms with Crippen molar-refractivity contribution in [2.24, 2.45) is 0 Å². The average Bonchev–Trinajstić information content (AvgIpc) is 2.01. The summed E-state index contributed by atoms with van der Waals surface area (Å²) in [5, 5.41) is 1.97. The van der Waals surface area contributed by atoms with E-state index in [-0.39, 0.29) is 0 Å². The Morgan fingerprint density at radius 3 is 2.17 bits per heavy atom. The molecule has 1 aromatic rings. The third-order valence-corrected chi connectivity index (χ3v) is 3.42. The molecule has 66 valence electrons. The van der Waals surface area contributed by atoms with Gasteiger partial charge in [0.15, 0.2) is 0 Å². The summed E-state index contributed by atoms with van der Waals surface area (Å²) in [4.78, 5) is 0.848. The summed E-state index contributed by atoms with van der Waals surface area (Å²) in [6.45, 7) is 0. The molecular weight excluding hydrogens is 258 g/mol. The molecule has 0 N–H and O–H groups in total. The van der Waals surface area contributed by atoms with Crippen LogP contribution in [-0.4, -0.2) is 5.21 Å². The molecule has 0 aromatic heterocycles. The Hall–Kier alpha value is 0.730. The zero-order valence-corrected chi connectivity index (χ0v) is 9.62. The van der Waals surface area contributed by atoms with Crippen LogP contribution < -0.4 is 0 Å². The molecule has 1 aromatic carbocycles. The van der Waals surface area contributed by atoms with Gasteiger partial charge in [-0.05, 0) is 12.1 Å². The van der Waals surface area contributed by atoms with Crippen molar-refractivity contribution in [3.8, 4) is 0 Å². The minimum atomic E-state index is 0.442. The molecule has 12 heavy (non-hydrogen) atoms. The number of hydrogen-bond donors (Lipinski definition) is 0. The Kier molecular flexibility index (Phi) is 4.35. The largest absolute Gasteiger partial charge is 0.114 e. The van der Waals surface area contributed by atoms with Crippen LogP contribution >= 0.6 is 58.2 Å². The second kappa shape index (κ2) is 4.83. The number of halogens is 4. The third-order valence-electron chi connectivity index (χ3n) is 1.18. The molecule has 0 aliphatic heterocycles. The highest BCUT2D eigenvalue weighted by molar-refractivity contribution is 8.00. The SMILES string of the molecule is ClCSc1cc(Cl)c(Cl)cc1Cl. The average molecular weight is 262 g/mol. The van der Waals surface area contributed by atoms with Crippen molar-refractivity contribution in [3.05, 3.63) is 27.2 Å². The van der Waals surface area contributed by atoms with E-state index in [1.807, 2.05) is 0 Å². The van der Waals surface area contributed by atoms with Crippen LogP contribution in [0.5, 0.6) is 0 Å². The molecule has 0 saturated heterocycles. The number of benzene rings is 1. The van der Waals surface area contributed by atoms with E-state index in [1.54, 1.807) is 12.1 Å². The highest BCUT2D eigenvalue weighted by atomic mass is 35.5. The zero-order chi connectivity index (χ0) is 9.14. The summed E-state index contributed by atoms with van der Waals surface area (Å²) in [5.41, 5.74) is 0. The summed E-state index contributed by atoms with van der Waals surface area (Å²) in [6, 6.07) is 3.32. The summed E-state index contributed by atoms with van der Waals surface area (Å²) in [5.74, 6) is 0. The predicted octanol–water partition coefficient (Wildman–Crippen LogP) is 4.94. The highest BCUT2D eigenvalue weighted by Gasteiger charge is 2.05. The Labute approximate surface area is 95.1 Å². The maximum atomic E-state index is 5.86. The summed E-state index contributed by atoms with van der Waals surface area (Å²) in [7, 11) is 0. The number of thioether (sulfide) groups is 1. The van der Waals surface area contributed by atoms with E-state index in [9.17, 15) is 0 Å². The first-order chi connectivity index (χ1) is 5.65. The van der Waals surface area contributed by atoms with Gasteiger partial charge in [-0.25, -0.2) is 0 Å². The van der Waals surface area contributed by atoms with Crippen molar-refractivity contribution in [1.82, 2.24) is 0 Å². The van der Waals surface area contributed by atoms with Gasteiger partial charge in [-0.1, -0.05) is 34.8 Å². The van der Waals surface area contributed by atoms with Crippen LogP contribution in [-0.2, 0) is 0 Å². The van der Waals surface area contributed by atoms with Gasteiger partial charge in [-0.15, -0.1) is 23.4 Å². The molecule has 0 amide bonds. The van der Waals surface area contributed by atoms with Gasteiger partial charge in [0, 0.05) is 4.90 Å². The van der Waals surface area contributed by atoms with Crippen molar-refractivity contribution in [1.29, 1.82) is 0 Å². The maximum Gasteiger partial charge on any atom is 0.0728 e. The van der Waals surface area contributed by atoms with Crippen molar-refractivity contribution >= 4 is 58.2 Å². The Balaban J connectivity index is 3.05. The molecule has 0 nitrogen and oxygen atoms in total. The lowest BCUT2D eigenvalue weighted by molar-refractivity contribution is 1.46. The smallest absolute Gasteiger partial charge is 0.0728 e. The first-order valence-electron chi connectivity index (χ1n) is 2.98. The quantitative estimate of drug-likeness (QED) is 0.413. The second-order valence-corrected chi connectivity index (χ2v) is 4.77. The third kappa shape index (κ3) is 2.61. The molecule has 5 heteroatoms. The topological polar surface area (TPSA) is 0 Å². The molecule has 0 unspecified atom stereocenters. The van der Waals surface area contributed by atoms with Gasteiger partial charge < -0.3 is 0 Å². The van der Waals surface area contributed by atoms with Crippen LogP contribution in [0.4, 0.5) is 0 Å². The summed E-state index contributed by atoms with van der Waals surface area (Å²) < 4.78 is 0. The van der Waals surface area contributed by atoms with Crippen molar-refractivity contribution in [2.75, 3.05) is 5.21 Å². The molecule has 0 saturated carbocycles. The van der Waals surface area contributed by atoms with E-state index in [0.29, 0.717) is 20.3 Å². The fraction of sp³-hybridized carbons (Fsp3) is 0.143. The monoisotopic (exact) mass is 260 g/mol. The van der Waals surface area contributed by atoms with E-state index in [2.05, 4.69) is 0 Å². The molecule has 0 atom stereocenters. The second-order valence-electron chi connectivity index (χ2n) is 1.95. The Morgan fingerprint density at radius 2 is 1.58 bits per heavy atom. The van der Waals surface area contributed by atoms with Crippen LogP contribution in [0.15, 0.2) is 17.0 Å². The van der Waals surface area contributed by atoms with Gasteiger partial charge in [0.25, 0.3) is 0 Å². The fourth-order valence-electron chi connectivity index (χ4n) is 0.674. The van der Waals surface area contributed by atoms with Crippen molar-refractivity contribution < 1.29 is 0 Å². The Morgan fingerprint density at radius 1 is 1.00 bits per heavy atom. The van der Waals surface area contributed by atoms with E-state index < -0.39 is 0 Å². The number of hydrogen-bond acceptors (Lipinski definition) is 1. The lowest BCUT2D eigenvalue weighted by atomic mass is 10.4. The van der Waals surface area contributed by atoms with Gasteiger partial charge in [0.1, 0.15) is 0 Å². The van der Waals surface area contributed by atoms with Crippen LogP contribution in [0, 0.1) is 0 Å². The first-order valence-corrected chi connectivity index (χ1v) is 5.64. The normalized spacial score (nSPS) is 10.3. The fourth-order valence-corrected chi connectivity index (χ4v) is 2.32. The first kappa shape index (κ1) is 10.8.